The van der Waals surface area contributed by atoms with Crippen molar-refractivity contribution in [3.63, 3.8) is 0 Å². The van der Waals surface area contributed by atoms with Gasteiger partial charge in [-0.15, -0.1) is 0 Å². The van der Waals surface area contributed by atoms with Crippen molar-refractivity contribution in [2.75, 3.05) is 5.33 Å². The number of halogens is 1. The lowest BCUT2D eigenvalue weighted by Gasteiger charge is -2.19. The van der Waals surface area contributed by atoms with E-state index >= 15 is 0 Å². The van der Waals surface area contributed by atoms with E-state index in [1.54, 1.807) is 0 Å². The van der Waals surface area contributed by atoms with E-state index in [1.807, 2.05) is 6.20 Å². The Balaban J connectivity index is 2.66. The predicted octanol–water partition coefficient (Wildman–Crippen LogP) is 3.11. The average molecular weight is 259 g/mol. The maximum atomic E-state index is 4.33. The molecule has 0 radical (unpaired) electrons. The minimum absolute atomic E-state index is 0.689. The van der Waals surface area contributed by atoms with Crippen LogP contribution in [-0.4, -0.2) is 14.9 Å². The van der Waals surface area contributed by atoms with Crippen LogP contribution in [0.5, 0.6) is 0 Å². The van der Waals surface area contributed by atoms with Crippen molar-refractivity contribution in [3.8, 4) is 0 Å². The summed E-state index contributed by atoms with van der Waals surface area (Å²) in [4.78, 5) is 4.33. The SMILES string of the molecule is CCc1nccn1CC(CBr)C(C)C. The Hall–Kier alpha value is -0.310. The number of hydrogen-bond acceptors (Lipinski definition) is 1. The van der Waals surface area contributed by atoms with Crippen molar-refractivity contribution in [1.82, 2.24) is 9.55 Å². The van der Waals surface area contributed by atoms with Gasteiger partial charge >= 0.3 is 0 Å². The van der Waals surface area contributed by atoms with Crippen molar-refractivity contribution >= 4 is 15.9 Å². The topological polar surface area (TPSA) is 17.8 Å². The third kappa shape index (κ3) is 2.84. The van der Waals surface area contributed by atoms with Crippen molar-refractivity contribution in [2.24, 2.45) is 11.8 Å². The Morgan fingerprint density at radius 1 is 1.50 bits per heavy atom. The average Bonchev–Trinajstić information content (AvgIpc) is 2.60. The van der Waals surface area contributed by atoms with Gasteiger partial charge in [0.15, 0.2) is 0 Å². The molecule has 1 aromatic heterocycles. The molecule has 0 saturated carbocycles. The molecule has 80 valence electrons. The van der Waals surface area contributed by atoms with E-state index in [9.17, 15) is 0 Å². The fourth-order valence-corrected chi connectivity index (χ4v) is 2.46. The van der Waals surface area contributed by atoms with Gasteiger partial charge in [0, 0.05) is 30.7 Å². The normalized spacial score (nSPS) is 13.5. The van der Waals surface area contributed by atoms with Crippen LogP contribution in [-0.2, 0) is 13.0 Å². The Kier molecular flexibility index (Phi) is 4.66. The van der Waals surface area contributed by atoms with Gasteiger partial charge < -0.3 is 4.57 Å². The lowest BCUT2D eigenvalue weighted by atomic mass is 9.98. The maximum Gasteiger partial charge on any atom is 0.108 e. The molecule has 0 bridgehead atoms. The molecular weight excluding hydrogens is 240 g/mol. The first-order chi connectivity index (χ1) is 6.69. The minimum atomic E-state index is 0.689. The highest BCUT2D eigenvalue weighted by atomic mass is 79.9. The summed E-state index contributed by atoms with van der Waals surface area (Å²) < 4.78 is 2.27. The van der Waals surface area contributed by atoms with Crippen LogP contribution >= 0.6 is 15.9 Å². The molecule has 1 rings (SSSR count). The minimum Gasteiger partial charge on any atom is -0.335 e. The van der Waals surface area contributed by atoms with Crippen LogP contribution in [0.2, 0.25) is 0 Å². The molecule has 1 aromatic rings. The molecule has 0 aliphatic carbocycles. The molecule has 0 saturated heterocycles. The highest BCUT2D eigenvalue weighted by Gasteiger charge is 2.13. The molecule has 0 amide bonds. The quantitative estimate of drug-likeness (QED) is 0.743. The number of hydrogen-bond donors (Lipinski definition) is 0. The van der Waals surface area contributed by atoms with Crippen LogP contribution in [0.1, 0.15) is 26.6 Å². The Morgan fingerprint density at radius 3 is 2.71 bits per heavy atom. The zero-order chi connectivity index (χ0) is 10.6. The molecule has 2 nitrogen and oxygen atoms in total. The first kappa shape index (κ1) is 11.8. The molecule has 0 fully saturated rings. The molecule has 1 heterocycles. The fraction of sp³-hybridized carbons (Fsp3) is 0.727. The summed E-state index contributed by atoms with van der Waals surface area (Å²) in [5.41, 5.74) is 0. The molecule has 0 aromatic carbocycles. The monoisotopic (exact) mass is 258 g/mol. The van der Waals surface area contributed by atoms with Gasteiger partial charge in [-0.05, 0) is 11.8 Å². The fourth-order valence-electron chi connectivity index (χ4n) is 1.51. The van der Waals surface area contributed by atoms with Gasteiger partial charge in [0.05, 0.1) is 0 Å². The molecular formula is C11H19BrN2. The molecule has 0 spiro atoms. The van der Waals surface area contributed by atoms with E-state index < -0.39 is 0 Å². The van der Waals surface area contributed by atoms with E-state index in [4.69, 9.17) is 0 Å². The number of nitrogens with zero attached hydrogens (tertiary/aromatic N) is 2. The first-order valence-corrected chi connectivity index (χ1v) is 6.37. The van der Waals surface area contributed by atoms with Gasteiger partial charge in [0.2, 0.25) is 0 Å². The third-order valence-electron chi connectivity index (χ3n) is 2.69. The highest BCUT2D eigenvalue weighted by molar-refractivity contribution is 9.09. The molecule has 0 N–H and O–H groups in total. The van der Waals surface area contributed by atoms with E-state index in [0.717, 1.165) is 18.3 Å². The highest BCUT2D eigenvalue weighted by Crippen LogP contribution is 2.17. The summed E-state index contributed by atoms with van der Waals surface area (Å²) in [7, 11) is 0. The van der Waals surface area contributed by atoms with Crippen LogP contribution in [0.3, 0.4) is 0 Å². The number of rotatable bonds is 5. The molecule has 3 heteroatoms. The number of imidazole rings is 1. The van der Waals surface area contributed by atoms with Crippen LogP contribution in [0.4, 0.5) is 0 Å². The van der Waals surface area contributed by atoms with Crippen molar-refractivity contribution in [1.29, 1.82) is 0 Å². The molecule has 1 unspecified atom stereocenters. The lowest BCUT2D eigenvalue weighted by molar-refractivity contribution is 0.368. The Bertz CT molecular complexity index is 268. The van der Waals surface area contributed by atoms with Crippen LogP contribution < -0.4 is 0 Å². The van der Waals surface area contributed by atoms with Crippen LogP contribution in [0, 0.1) is 11.8 Å². The first-order valence-electron chi connectivity index (χ1n) is 5.25. The second-order valence-electron chi connectivity index (χ2n) is 4.01. The zero-order valence-corrected chi connectivity index (χ0v) is 10.8. The Labute approximate surface area is 94.9 Å². The number of aryl methyl sites for hydroxylation is 1. The summed E-state index contributed by atoms with van der Waals surface area (Å²) in [5, 5.41) is 1.06. The molecule has 0 aliphatic rings. The van der Waals surface area contributed by atoms with Crippen LogP contribution in [0.25, 0.3) is 0 Å². The van der Waals surface area contributed by atoms with Gasteiger partial charge in [0.25, 0.3) is 0 Å². The predicted molar refractivity (Wildman–Crippen MR) is 63.7 cm³/mol. The maximum absolute atomic E-state index is 4.33. The lowest BCUT2D eigenvalue weighted by Crippen LogP contribution is -2.18. The number of aromatic nitrogens is 2. The standard InChI is InChI=1S/C11H19BrN2/c1-4-11-13-5-6-14(11)8-10(7-12)9(2)3/h5-6,9-10H,4,7-8H2,1-3H3. The van der Waals surface area contributed by atoms with Gasteiger partial charge in [-0.3, -0.25) is 0 Å². The van der Waals surface area contributed by atoms with Gasteiger partial charge in [0.1, 0.15) is 5.82 Å². The van der Waals surface area contributed by atoms with Crippen molar-refractivity contribution in [3.05, 3.63) is 18.2 Å². The van der Waals surface area contributed by atoms with Gasteiger partial charge in [-0.1, -0.05) is 36.7 Å². The summed E-state index contributed by atoms with van der Waals surface area (Å²) in [5.74, 6) is 2.59. The van der Waals surface area contributed by atoms with E-state index in [0.29, 0.717) is 11.8 Å². The largest absolute Gasteiger partial charge is 0.335 e. The molecule has 0 aliphatic heterocycles. The second-order valence-corrected chi connectivity index (χ2v) is 4.66. The summed E-state index contributed by atoms with van der Waals surface area (Å²) in [6.45, 7) is 7.77. The summed E-state index contributed by atoms with van der Waals surface area (Å²) in [6, 6.07) is 0. The smallest absolute Gasteiger partial charge is 0.108 e. The summed E-state index contributed by atoms with van der Waals surface area (Å²) >= 11 is 3.57. The third-order valence-corrected chi connectivity index (χ3v) is 3.52. The Morgan fingerprint density at radius 2 is 2.21 bits per heavy atom. The van der Waals surface area contributed by atoms with Gasteiger partial charge in [-0.2, -0.15) is 0 Å². The van der Waals surface area contributed by atoms with E-state index in [-0.39, 0.29) is 0 Å². The van der Waals surface area contributed by atoms with Crippen molar-refractivity contribution < 1.29 is 0 Å². The number of alkyl halides is 1. The van der Waals surface area contributed by atoms with Gasteiger partial charge in [-0.25, -0.2) is 4.98 Å². The van der Waals surface area contributed by atoms with Crippen LogP contribution in [0.15, 0.2) is 12.4 Å². The van der Waals surface area contributed by atoms with Crippen molar-refractivity contribution in [2.45, 2.75) is 33.7 Å². The molecule has 1 atom stereocenters. The van der Waals surface area contributed by atoms with E-state index in [2.05, 4.69) is 52.4 Å². The zero-order valence-electron chi connectivity index (χ0n) is 9.20. The second kappa shape index (κ2) is 5.54. The van der Waals surface area contributed by atoms with E-state index in [1.165, 1.54) is 5.82 Å². The molecule has 14 heavy (non-hydrogen) atoms. The summed E-state index contributed by atoms with van der Waals surface area (Å²) in [6.07, 6.45) is 4.99.